The summed E-state index contributed by atoms with van der Waals surface area (Å²) in [6, 6.07) is 0.539. The van der Waals surface area contributed by atoms with Crippen molar-refractivity contribution < 1.29 is 14.6 Å². The van der Waals surface area contributed by atoms with E-state index in [1.165, 1.54) is 31.3 Å². The molecule has 24 heavy (non-hydrogen) atoms. The molecule has 0 aromatic carbocycles. The summed E-state index contributed by atoms with van der Waals surface area (Å²) in [5, 5.41) is 14.9. The van der Waals surface area contributed by atoms with E-state index in [0.29, 0.717) is 18.5 Å². The van der Waals surface area contributed by atoms with Crippen LogP contribution < -0.4 is 5.32 Å². The highest BCUT2D eigenvalue weighted by Gasteiger charge is 2.59. The van der Waals surface area contributed by atoms with Crippen molar-refractivity contribution in [1.29, 1.82) is 0 Å². The first-order chi connectivity index (χ1) is 11.5. The second-order valence-corrected chi connectivity index (χ2v) is 8.69. The summed E-state index contributed by atoms with van der Waals surface area (Å²) >= 11 is 0. The topological polar surface area (TPSA) is 58.6 Å². The maximum Gasteiger partial charge on any atom is 0.311 e. The van der Waals surface area contributed by atoms with Crippen molar-refractivity contribution >= 4 is 5.97 Å². The van der Waals surface area contributed by atoms with Gasteiger partial charge in [0.05, 0.1) is 12.0 Å². The molecule has 0 aromatic rings. The summed E-state index contributed by atoms with van der Waals surface area (Å²) in [4.78, 5) is 12.5. The van der Waals surface area contributed by atoms with Crippen LogP contribution in [0.2, 0.25) is 0 Å². The molecule has 0 bridgehead atoms. The fourth-order valence-electron chi connectivity index (χ4n) is 5.72. The Morgan fingerprint density at radius 2 is 2.08 bits per heavy atom. The molecule has 6 atom stereocenters. The van der Waals surface area contributed by atoms with Gasteiger partial charge in [0.25, 0.3) is 0 Å². The first kappa shape index (κ1) is 16.6. The fraction of sp³-hybridized carbons (Fsp3) is 0.850. The van der Waals surface area contributed by atoms with Crippen LogP contribution >= 0.6 is 0 Å². The van der Waals surface area contributed by atoms with Crippen molar-refractivity contribution in [3.05, 3.63) is 11.6 Å². The zero-order valence-corrected chi connectivity index (χ0v) is 15.0. The molecule has 0 radical (unpaired) electrons. The largest absolute Gasteiger partial charge is 0.461 e. The minimum atomic E-state index is -0.486. The monoisotopic (exact) mass is 333 g/mol. The Balaban J connectivity index is 1.54. The van der Waals surface area contributed by atoms with Gasteiger partial charge in [0.1, 0.15) is 6.10 Å². The van der Waals surface area contributed by atoms with Gasteiger partial charge in [0, 0.05) is 30.3 Å². The van der Waals surface area contributed by atoms with Gasteiger partial charge in [0.2, 0.25) is 0 Å². The Kier molecular flexibility index (Phi) is 4.24. The maximum absolute atomic E-state index is 12.5. The van der Waals surface area contributed by atoms with E-state index in [-0.39, 0.29) is 29.3 Å². The Hall–Kier alpha value is -0.870. The predicted molar refractivity (Wildman–Crippen MR) is 92.3 cm³/mol. The van der Waals surface area contributed by atoms with Crippen molar-refractivity contribution in [2.24, 2.45) is 23.2 Å². The lowest BCUT2D eigenvalue weighted by atomic mass is 9.55. The number of rotatable bonds is 3. The molecule has 1 heterocycles. The summed E-state index contributed by atoms with van der Waals surface area (Å²) in [6.45, 7) is 5.11. The second kappa shape index (κ2) is 6.14. The molecule has 134 valence electrons. The van der Waals surface area contributed by atoms with Crippen molar-refractivity contribution in [2.45, 2.75) is 77.0 Å². The highest BCUT2D eigenvalue weighted by atomic mass is 16.6. The number of hydrogen-bond acceptors (Lipinski definition) is 4. The molecular formula is C20H31NO3. The second-order valence-electron chi connectivity index (χ2n) is 8.69. The highest BCUT2D eigenvalue weighted by Crippen LogP contribution is 2.55. The molecule has 1 saturated heterocycles. The van der Waals surface area contributed by atoms with Crippen LogP contribution in [0.5, 0.6) is 0 Å². The van der Waals surface area contributed by atoms with Crippen LogP contribution in [-0.4, -0.2) is 35.9 Å². The Bertz CT molecular complexity index is 539. The third-order valence-electron chi connectivity index (χ3n) is 7.55. The maximum atomic E-state index is 12.5. The van der Waals surface area contributed by atoms with E-state index in [0.717, 1.165) is 19.3 Å². The molecular weight excluding hydrogens is 302 g/mol. The van der Waals surface area contributed by atoms with Gasteiger partial charge in [-0.15, -0.1) is 0 Å². The van der Waals surface area contributed by atoms with Crippen molar-refractivity contribution in [2.75, 3.05) is 6.54 Å². The Morgan fingerprint density at radius 3 is 2.83 bits per heavy atom. The summed E-state index contributed by atoms with van der Waals surface area (Å²) in [6.07, 6.45) is 9.67. The van der Waals surface area contributed by atoms with Gasteiger partial charge in [-0.2, -0.15) is 0 Å². The van der Waals surface area contributed by atoms with Crippen molar-refractivity contribution in [1.82, 2.24) is 5.32 Å². The van der Waals surface area contributed by atoms with Crippen LogP contribution in [0.4, 0.5) is 0 Å². The highest BCUT2D eigenvalue weighted by molar-refractivity contribution is 5.76. The normalized spacial score (nSPS) is 45.5. The molecule has 2 N–H and O–H groups in total. The van der Waals surface area contributed by atoms with Crippen LogP contribution in [0.25, 0.3) is 0 Å². The minimum absolute atomic E-state index is 0.0610. The van der Waals surface area contributed by atoms with Crippen molar-refractivity contribution in [3.8, 4) is 0 Å². The van der Waals surface area contributed by atoms with Crippen LogP contribution in [-0.2, 0) is 9.53 Å². The predicted octanol–water partition coefficient (Wildman–Crippen LogP) is 2.80. The number of fused-ring (bicyclic) bond motifs is 2. The van der Waals surface area contributed by atoms with Gasteiger partial charge in [-0.3, -0.25) is 4.79 Å². The number of carbonyl (C=O) groups is 1. The summed E-state index contributed by atoms with van der Waals surface area (Å²) < 4.78 is 5.71. The summed E-state index contributed by atoms with van der Waals surface area (Å²) in [5.41, 5.74) is 1.12. The smallest absolute Gasteiger partial charge is 0.311 e. The van der Waals surface area contributed by atoms with Crippen LogP contribution in [0.1, 0.15) is 58.8 Å². The average Bonchev–Trinajstić information content (AvgIpc) is 3.16. The molecule has 0 amide bonds. The van der Waals surface area contributed by atoms with Crippen LogP contribution in [0, 0.1) is 23.2 Å². The van der Waals surface area contributed by atoms with Gasteiger partial charge >= 0.3 is 5.97 Å². The Morgan fingerprint density at radius 1 is 1.33 bits per heavy atom. The first-order valence-corrected chi connectivity index (χ1v) is 9.83. The molecule has 0 aromatic heterocycles. The van der Waals surface area contributed by atoms with Crippen molar-refractivity contribution in [3.63, 3.8) is 0 Å². The minimum Gasteiger partial charge on any atom is -0.461 e. The number of carbonyl (C=O) groups excluding carboxylic acids is 1. The van der Waals surface area contributed by atoms with E-state index < -0.39 is 6.10 Å². The average molecular weight is 333 g/mol. The molecule has 4 heteroatoms. The van der Waals surface area contributed by atoms with E-state index in [4.69, 9.17) is 4.74 Å². The lowest BCUT2D eigenvalue weighted by molar-refractivity contribution is -0.144. The van der Waals surface area contributed by atoms with Gasteiger partial charge in [0.15, 0.2) is 0 Å². The van der Waals surface area contributed by atoms with E-state index in [2.05, 4.69) is 25.2 Å². The third-order valence-corrected chi connectivity index (χ3v) is 7.55. The molecule has 2 saturated carbocycles. The molecule has 3 aliphatic carbocycles. The Labute approximate surface area is 145 Å². The van der Waals surface area contributed by atoms with E-state index in [1.54, 1.807) is 0 Å². The van der Waals surface area contributed by atoms with E-state index >= 15 is 0 Å². The molecule has 6 unspecified atom stereocenters. The number of ether oxygens (including phenoxy) is 1. The van der Waals surface area contributed by atoms with Crippen LogP contribution in [0.15, 0.2) is 11.6 Å². The molecule has 4 nitrogen and oxygen atoms in total. The van der Waals surface area contributed by atoms with Gasteiger partial charge in [-0.1, -0.05) is 38.3 Å². The molecule has 1 aliphatic heterocycles. The number of aliphatic hydroxyl groups excluding tert-OH is 1. The first-order valence-electron chi connectivity index (χ1n) is 9.83. The fourth-order valence-corrected chi connectivity index (χ4v) is 5.72. The number of hydrogen-bond donors (Lipinski definition) is 2. The summed E-state index contributed by atoms with van der Waals surface area (Å²) in [7, 11) is 0. The lowest BCUT2D eigenvalue weighted by Gasteiger charge is -2.51. The zero-order chi connectivity index (χ0) is 16.9. The molecule has 4 aliphatic rings. The number of esters is 1. The van der Waals surface area contributed by atoms with Gasteiger partial charge < -0.3 is 15.2 Å². The van der Waals surface area contributed by atoms with E-state index in [9.17, 15) is 9.90 Å². The number of allylic oxidation sites excluding steroid dienone is 1. The van der Waals surface area contributed by atoms with Crippen LogP contribution in [0.3, 0.4) is 0 Å². The lowest BCUT2D eigenvalue weighted by Crippen LogP contribution is -2.54. The van der Waals surface area contributed by atoms with E-state index in [1.807, 2.05) is 0 Å². The number of nitrogens with one attached hydrogen (secondary N) is 1. The van der Waals surface area contributed by atoms with Gasteiger partial charge in [-0.25, -0.2) is 0 Å². The standard InChI is InChI=1S/C20H31NO3/c1-12-6-5-7-13-10-16-17(18(22)20(12,13)2)15(19(23)24-16)11-21-14-8-3-4-9-14/h7,12,14-18,21-22H,3-6,8-11H2,1-2H3. The third kappa shape index (κ3) is 2.45. The molecule has 0 spiro atoms. The van der Waals surface area contributed by atoms with Gasteiger partial charge in [-0.05, 0) is 31.6 Å². The SMILES string of the molecule is CC1CCC=C2CC3OC(=O)C(CNC4CCCC4)C3C(O)C21C. The number of aliphatic hydroxyl groups is 1. The zero-order valence-electron chi connectivity index (χ0n) is 15.0. The quantitative estimate of drug-likeness (QED) is 0.616. The molecule has 3 fully saturated rings. The molecule has 4 rings (SSSR count). The summed E-state index contributed by atoms with van der Waals surface area (Å²) in [5.74, 6) is 0.0878.